The van der Waals surface area contributed by atoms with Gasteiger partial charge in [-0.1, -0.05) is 93.2 Å². The minimum atomic E-state index is 0. The van der Waals surface area contributed by atoms with Crippen molar-refractivity contribution in [2.24, 2.45) is 11.1 Å². The Kier molecular flexibility index (Phi) is 13.2. The average molecular weight is 540 g/mol. The lowest BCUT2D eigenvalue weighted by Crippen LogP contribution is -2.26. The van der Waals surface area contributed by atoms with E-state index in [0.717, 1.165) is 33.4 Å². The molecule has 0 saturated heterocycles. The van der Waals surface area contributed by atoms with E-state index in [1.54, 1.807) is 24.2 Å². The van der Waals surface area contributed by atoms with Crippen molar-refractivity contribution in [3.63, 3.8) is 0 Å². The number of H-pyrrole nitrogens is 1. The molecule has 198 valence electrons. The fourth-order valence-electron chi connectivity index (χ4n) is 2.44. The van der Waals surface area contributed by atoms with Crippen LogP contribution in [0.2, 0.25) is 0 Å². The van der Waals surface area contributed by atoms with Crippen LogP contribution in [0.15, 0.2) is 78.2 Å². The number of nitrogens with one attached hydrogen (secondary N) is 1. The molecule has 0 saturated carbocycles. The Labute approximate surface area is 228 Å². The predicted molar refractivity (Wildman–Crippen MR) is 156 cm³/mol. The molecule has 4 rings (SSSR count). The summed E-state index contributed by atoms with van der Waals surface area (Å²) in [7, 11) is 0. The first-order valence-electron chi connectivity index (χ1n) is 11.5. The van der Waals surface area contributed by atoms with Crippen LogP contribution in [0.3, 0.4) is 0 Å². The number of rotatable bonds is 4. The van der Waals surface area contributed by atoms with Crippen molar-refractivity contribution < 1.29 is 5.48 Å². The van der Waals surface area contributed by atoms with Gasteiger partial charge in [-0.3, -0.25) is 5.10 Å². The van der Waals surface area contributed by atoms with Crippen LogP contribution in [0.1, 0.15) is 41.5 Å². The second kappa shape index (κ2) is 15.3. The second-order valence-corrected chi connectivity index (χ2v) is 11.6. The highest BCUT2D eigenvalue weighted by atomic mass is 32.2. The van der Waals surface area contributed by atoms with Gasteiger partial charge < -0.3 is 11.2 Å². The first kappa shape index (κ1) is 32.0. The molecule has 0 unspecified atom stereocenters. The van der Waals surface area contributed by atoms with Crippen molar-refractivity contribution >= 4 is 24.0 Å². The van der Waals surface area contributed by atoms with E-state index in [1.165, 1.54) is 0 Å². The molecule has 5 N–H and O–H groups in total. The Morgan fingerprint density at radius 1 is 0.811 bits per heavy atom. The lowest BCUT2D eigenvalue weighted by Gasteiger charge is -2.16. The summed E-state index contributed by atoms with van der Waals surface area (Å²) >= 11 is 6.52. The molecule has 0 aliphatic heterocycles. The van der Waals surface area contributed by atoms with Crippen molar-refractivity contribution in [2.75, 3.05) is 5.75 Å². The zero-order valence-corrected chi connectivity index (χ0v) is 23.9. The molecule has 37 heavy (non-hydrogen) atoms. The number of nitrogens with two attached hydrogens (primary N) is 1. The van der Waals surface area contributed by atoms with E-state index in [9.17, 15) is 0 Å². The zero-order chi connectivity index (χ0) is 26.6. The SMILES string of the molecule is CC(C)(C)CSc1nncc(-c2ccccc2)n1.CC(C)(C)N.O.S=c1nc(-c2ccccc2)cn[nH]1. The van der Waals surface area contributed by atoms with E-state index < -0.39 is 0 Å². The maximum atomic E-state index is 5.35. The van der Waals surface area contributed by atoms with E-state index in [1.807, 2.05) is 81.4 Å². The third-order valence-electron chi connectivity index (χ3n) is 3.88. The van der Waals surface area contributed by atoms with Crippen molar-refractivity contribution in [1.29, 1.82) is 0 Å². The normalized spacial score (nSPS) is 10.7. The van der Waals surface area contributed by atoms with Gasteiger partial charge in [0, 0.05) is 22.4 Å². The average Bonchev–Trinajstić information content (AvgIpc) is 2.83. The first-order chi connectivity index (χ1) is 16.9. The highest BCUT2D eigenvalue weighted by Gasteiger charge is 2.12. The van der Waals surface area contributed by atoms with E-state index in [0.29, 0.717) is 4.77 Å². The highest BCUT2D eigenvalue weighted by Crippen LogP contribution is 2.25. The molecular weight excluding hydrogens is 502 g/mol. The van der Waals surface area contributed by atoms with Gasteiger partial charge in [-0.05, 0) is 38.4 Å². The molecule has 0 amide bonds. The van der Waals surface area contributed by atoms with E-state index in [2.05, 4.69) is 51.1 Å². The molecular formula is C27H37N7OS2. The summed E-state index contributed by atoms with van der Waals surface area (Å²) in [5.74, 6) is 0.979. The lowest BCUT2D eigenvalue weighted by molar-refractivity contribution is 0.480. The van der Waals surface area contributed by atoms with Crippen molar-refractivity contribution in [1.82, 2.24) is 30.4 Å². The number of aromatic nitrogens is 6. The van der Waals surface area contributed by atoms with Gasteiger partial charge in [0.05, 0.1) is 23.8 Å². The summed E-state index contributed by atoms with van der Waals surface area (Å²) < 4.78 is 0.404. The van der Waals surface area contributed by atoms with Gasteiger partial charge in [-0.15, -0.1) is 5.10 Å². The Bertz CT molecular complexity index is 1230. The van der Waals surface area contributed by atoms with Gasteiger partial charge in [0.25, 0.3) is 0 Å². The third-order valence-corrected chi connectivity index (χ3v) is 5.51. The van der Waals surface area contributed by atoms with Crippen LogP contribution in [0.4, 0.5) is 0 Å². The quantitative estimate of drug-likeness (QED) is 0.245. The summed E-state index contributed by atoms with van der Waals surface area (Å²) in [6, 6.07) is 19.9. The molecule has 4 aromatic rings. The molecule has 8 nitrogen and oxygen atoms in total. The molecule has 10 heteroatoms. The highest BCUT2D eigenvalue weighted by molar-refractivity contribution is 7.99. The Morgan fingerprint density at radius 3 is 1.76 bits per heavy atom. The van der Waals surface area contributed by atoms with Crippen molar-refractivity contribution in [3.8, 4) is 22.5 Å². The summed E-state index contributed by atoms with van der Waals surface area (Å²) in [6.45, 7) is 12.5. The number of nitrogens with zero attached hydrogens (tertiary/aromatic N) is 5. The summed E-state index contributed by atoms with van der Waals surface area (Å²) in [5.41, 5.74) is 9.38. The molecule has 0 fully saturated rings. The monoisotopic (exact) mass is 539 g/mol. The smallest absolute Gasteiger partial charge is 0.214 e. The van der Waals surface area contributed by atoms with Gasteiger partial charge in [0.1, 0.15) is 0 Å². The van der Waals surface area contributed by atoms with Crippen LogP contribution < -0.4 is 5.73 Å². The number of thioether (sulfide) groups is 1. The zero-order valence-electron chi connectivity index (χ0n) is 22.3. The lowest BCUT2D eigenvalue weighted by atomic mass is 10.0. The van der Waals surface area contributed by atoms with Crippen LogP contribution in [-0.2, 0) is 0 Å². The molecule has 0 radical (unpaired) electrons. The minimum absolute atomic E-state index is 0. The van der Waals surface area contributed by atoms with Crippen LogP contribution in [0.25, 0.3) is 22.5 Å². The van der Waals surface area contributed by atoms with E-state index in [4.69, 9.17) is 18.0 Å². The molecule has 2 aromatic heterocycles. The number of benzene rings is 2. The molecule has 0 spiro atoms. The largest absolute Gasteiger partial charge is 0.412 e. The molecule has 0 atom stereocenters. The van der Waals surface area contributed by atoms with Crippen molar-refractivity contribution in [3.05, 3.63) is 77.8 Å². The number of hydrogen-bond acceptors (Lipinski definition) is 8. The van der Waals surface area contributed by atoms with E-state index in [-0.39, 0.29) is 16.4 Å². The van der Waals surface area contributed by atoms with Gasteiger partial charge >= 0.3 is 0 Å². The minimum Gasteiger partial charge on any atom is -0.412 e. The fourth-order valence-corrected chi connectivity index (χ4v) is 3.42. The Morgan fingerprint density at radius 2 is 1.30 bits per heavy atom. The van der Waals surface area contributed by atoms with Crippen LogP contribution >= 0.6 is 24.0 Å². The standard InChI is InChI=1S/C14H17N3S.C9H7N3S.C4H11N.H2O/c1-14(2,3)10-18-13-16-12(9-15-17-13)11-7-5-4-6-8-11;13-9-11-8(6-10-12-9)7-4-2-1-3-5-7;1-4(2,3)5;/h4-9H,10H2,1-3H3;1-6H,(H,11,12,13);5H2,1-3H3;1H2. The van der Waals surface area contributed by atoms with Gasteiger partial charge in [0.2, 0.25) is 9.93 Å². The molecule has 2 aromatic carbocycles. The van der Waals surface area contributed by atoms with Crippen LogP contribution in [-0.4, -0.2) is 47.1 Å². The molecule has 0 aliphatic carbocycles. The molecule has 0 aliphatic rings. The Balaban J connectivity index is 0.000000316. The second-order valence-electron chi connectivity index (χ2n) is 10.2. The number of aromatic amines is 1. The number of hydrogen-bond donors (Lipinski definition) is 2. The maximum absolute atomic E-state index is 5.35. The topological polar surface area (TPSA) is 138 Å². The van der Waals surface area contributed by atoms with Crippen LogP contribution in [0.5, 0.6) is 0 Å². The first-order valence-corrected chi connectivity index (χ1v) is 12.9. The summed E-state index contributed by atoms with van der Waals surface area (Å²) in [4.78, 5) is 8.68. The Hall–Kier alpha value is -3.05. The molecule has 2 heterocycles. The maximum Gasteiger partial charge on any atom is 0.214 e. The predicted octanol–water partition coefficient (Wildman–Crippen LogP) is 5.80. The van der Waals surface area contributed by atoms with E-state index >= 15 is 0 Å². The summed E-state index contributed by atoms with van der Waals surface area (Å²) in [6.07, 6.45) is 3.36. The van der Waals surface area contributed by atoms with Gasteiger partial charge in [-0.25, -0.2) is 9.97 Å². The fraction of sp³-hybridized carbons (Fsp3) is 0.333. The van der Waals surface area contributed by atoms with Crippen molar-refractivity contribution in [2.45, 2.75) is 52.2 Å². The third kappa shape index (κ3) is 14.3. The molecule has 0 bridgehead atoms. The van der Waals surface area contributed by atoms with Crippen LogP contribution in [0, 0.1) is 10.2 Å². The summed E-state index contributed by atoms with van der Waals surface area (Å²) in [5, 5.41) is 15.3. The van der Waals surface area contributed by atoms with Gasteiger partial charge in [0.15, 0.2) is 0 Å². The van der Waals surface area contributed by atoms with Gasteiger partial charge in [-0.2, -0.15) is 10.2 Å².